The van der Waals surface area contributed by atoms with E-state index in [0.717, 1.165) is 0 Å². The summed E-state index contributed by atoms with van der Waals surface area (Å²) in [6.07, 6.45) is -0.991. The molecule has 1 aromatic carbocycles. The van der Waals surface area contributed by atoms with Crippen molar-refractivity contribution in [1.82, 2.24) is 0 Å². The van der Waals surface area contributed by atoms with E-state index in [9.17, 15) is 9.59 Å². The fraction of sp³-hybridized carbons (Fsp3) is 0.500. The van der Waals surface area contributed by atoms with Gasteiger partial charge in [0.25, 0.3) is 5.79 Å². The molecule has 23 heavy (non-hydrogen) atoms. The first-order valence-electron chi connectivity index (χ1n) is 6.99. The van der Waals surface area contributed by atoms with Crippen molar-refractivity contribution in [3.8, 4) is 0 Å². The van der Waals surface area contributed by atoms with Gasteiger partial charge in [-0.25, -0.2) is 9.59 Å². The van der Waals surface area contributed by atoms with Crippen LogP contribution in [0.4, 0.5) is 0 Å². The summed E-state index contributed by atoms with van der Waals surface area (Å²) in [6, 6.07) is 6.30. The van der Waals surface area contributed by atoms with Crippen LogP contribution in [0.1, 0.15) is 35.9 Å². The average molecular weight is 324 g/mol. The second-order valence-electron chi connectivity index (χ2n) is 5.33. The maximum absolute atomic E-state index is 12.3. The first kappa shape index (κ1) is 17.4. The summed E-state index contributed by atoms with van der Waals surface area (Å²) in [5.74, 6) is -3.73. The quantitative estimate of drug-likeness (QED) is 0.781. The van der Waals surface area contributed by atoms with Crippen LogP contribution in [0.5, 0.6) is 0 Å². The minimum absolute atomic E-state index is 0.372. The van der Waals surface area contributed by atoms with Gasteiger partial charge in [-0.2, -0.15) is 0 Å². The molecule has 0 spiro atoms. The summed E-state index contributed by atoms with van der Waals surface area (Å²) in [7, 11) is 4.14. The number of carbonyl (C=O) groups excluding carboxylic acids is 2. The van der Waals surface area contributed by atoms with Crippen molar-refractivity contribution in [2.24, 2.45) is 0 Å². The fourth-order valence-electron chi connectivity index (χ4n) is 2.29. The summed E-state index contributed by atoms with van der Waals surface area (Å²) in [5, 5.41) is 0. The minimum Gasteiger partial charge on any atom is -0.465 e. The van der Waals surface area contributed by atoms with Crippen LogP contribution in [0.2, 0.25) is 0 Å². The third-order valence-corrected chi connectivity index (χ3v) is 4.09. The van der Waals surface area contributed by atoms with Gasteiger partial charge in [-0.1, -0.05) is 12.1 Å². The highest BCUT2D eigenvalue weighted by molar-refractivity contribution is 5.89. The van der Waals surface area contributed by atoms with Crippen molar-refractivity contribution < 1.29 is 33.3 Å². The number of ether oxygens (including phenoxy) is 5. The molecule has 0 saturated carbocycles. The number of carbonyl (C=O) groups is 2. The molecule has 1 aliphatic rings. The highest BCUT2D eigenvalue weighted by Gasteiger charge is 2.57. The molecular weight excluding hydrogens is 304 g/mol. The molecule has 1 saturated heterocycles. The Morgan fingerprint density at radius 1 is 1.04 bits per heavy atom. The van der Waals surface area contributed by atoms with Gasteiger partial charge < -0.3 is 23.7 Å². The Hall–Kier alpha value is -1.96. The molecule has 1 fully saturated rings. The number of benzene rings is 1. The molecule has 3 atom stereocenters. The zero-order valence-electron chi connectivity index (χ0n) is 13.7. The lowest BCUT2D eigenvalue weighted by Gasteiger charge is -2.47. The van der Waals surface area contributed by atoms with E-state index in [0.29, 0.717) is 11.1 Å². The van der Waals surface area contributed by atoms with E-state index >= 15 is 0 Å². The molecule has 7 heteroatoms. The second kappa shape index (κ2) is 6.27. The number of hydrogen-bond donors (Lipinski definition) is 0. The Bertz CT molecular complexity index is 597. The molecule has 126 valence electrons. The topological polar surface area (TPSA) is 80.3 Å². The van der Waals surface area contributed by atoms with Crippen molar-refractivity contribution in [1.29, 1.82) is 0 Å². The number of cyclic esters (lactones) is 1. The smallest absolute Gasteiger partial charge is 0.342 e. The van der Waals surface area contributed by atoms with Gasteiger partial charge in [-0.3, -0.25) is 0 Å². The molecule has 0 unspecified atom stereocenters. The molecule has 0 aliphatic carbocycles. The molecule has 0 bridgehead atoms. The first-order chi connectivity index (χ1) is 10.8. The third kappa shape index (κ3) is 2.95. The average Bonchev–Trinajstić information content (AvgIpc) is 2.57. The maximum atomic E-state index is 12.3. The highest BCUT2D eigenvalue weighted by Crippen LogP contribution is 2.41. The van der Waals surface area contributed by atoms with Gasteiger partial charge in [0.2, 0.25) is 5.79 Å². The van der Waals surface area contributed by atoms with Crippen LogP contribution in [-0.4, -0.2) is 44.8 Å². The number of rotatable bonds is 4. The SMILES string of the molecule is COC(=O)c1ccc([C@@H]2O[C@@](C)(OC)[C@](C)(OC)OC2=O)cc1. The van der Waals surface area contributed by atoms with E-state index in [1.807, 2.05) is 0 Å². The van der Waals surface area contributed by atoms with Gasteiger partial charge in [0.1, 0.15) is 0 Å². The van der Waals surface area contributed by atoms with Crippen LogP contribution in [0.3, 0.4) is 0 Å². The highest BCUT2D eigenvalue weighted by atomic mass is 16.8. The zero-order valence-corrected chi connectivity index (χ0v) is 13.7. The first-order valence-corrected chi connectivity index (χ1v) is 6.99. The van der Waals surface area contributed by atoms with Crippen LogP contribution in [-0.2, 0) is 28.5 Å². The van der Waals surface area contributed by atoms with Gasteiger partial charge in [0.05, 0.1) is 12.7 Å². The van der Waals surface area contributed by atoms with Gasteiger partial charge in [0.15, 0.2) is 6.10 Å². The van der Waals surface area contributed by atoms with Crippen molar-refractivity contribution in [3.05, 3.63) is 35.4 Å². The Balaban J connectivity index is 2.30. The predicted octanol–water partition coefficient (Wildman–Crippen LogP) is 1.81. The molecule has 0 aromatic heterocycles. The van der Waals surface area contributed by atoms with E-state index in [1.165, 1.54) is 21.3 Å². The molecule has 1 aliphatic heterocycles. The molecule has 0 amide bonds. The molecule has 1 heterocycles. The number of methoxy groups -OCH3 is 3. The number of esters is 2. The predicted molar refractivity (Wildman–Crippen MR) is 78.5 cm³/mol. The standard InChI is InChI=1S/C16H20O7/c1-15(20-4)16(2,21-5)23-14(18)12(22-15)10-6-8-11(9-7-10)13(17)19-3/h6-9,12H,1-5H3/t12-,15+,16+/m0/s1. The molecule has 7 nitrogen and oxygen atoms in total. The number of hydrogen-bond acceptors (Lipinski definition) is 7. The van der Waals surface area contributed by atoms with Gasteiger partial charge >= 0.3 is 11.9 Å². The normalized spacial score (nSPS) is 30.7. The monoisotopic (exact) mass is 324 g/mol. The largest absolute Gasteiger partial charge is 0.465 e. The third-order valence-electron chi connectivity index (χ3n) is 4.09. The summed E-state index contributed by atoms with van der Waals surface area (Å²) < 4.78 is 26.5. The molecule has 2 rings (SSSR count). The molecule has 1 aromatic rings. The Labute approximate surface area is 134 Å². The van der Waals surface area contributed by atoms with Gasteiger partial charge in [-0.05, 0) is 24.6 Å². The van der Waals surface area contributed by atoms with Gasteiger partial charge in [-0.15, -0.1) is 0 Å². The van der Waals surface area contributed by atoms with Crippen LogP contribution in [0.15, 0.2) is 24.3 Å². The van der Waals surface area contributed by atoms with Crippen molar-refractivity contribution in [3.63, 3.8) is 0 Å². The molecule has 0 N–H and O–H groups in total. The Morgan fingerprint density at radius 2 is 1.61 bits per heavy atom. The van der Waals surface area contributed by atoms with E-state index in [1.54, 1.807) is 38.1 Å². The lowest BCUT2D eigenvalue weighted by atomic mass is 10.0. The zero-order chi connectivity index (χ0) is 17.3. The molecular formula is C16H20O7. The van der Waals surface area contributed by atoms with E-state index in [4.69, 9.17) is 18.9 Å². The summed E-state index contributed by atoms with van der Waals surface area (Å²) >= 11 is 0. The van der Waals surface area contributed by atoms with Crippen molar-refractivity contribution in [2.45, 2.75) is 31.5 Å². The van der Waals surface area contributed by atoms with Crippen LogP contribution < -0.4 is 0 Å². The van der Waals surface area contributed by atoms with E-state index in [2.05, 4.69) is 4.74 Å². The maximum Gasteiger partial charge on any atom is 0.342 e. The second-order valence-corrected chi connectivity index (χ2v) is 5.33. The van der Waals surface area contributed by atoms with Crippen LogP contribution >= 0.6 is 0 Å². The van der Waals surface area contributed by atoms with Crippen molar-refractivity contribution in [2.75, 3.05) is 21.3 Å². The summed E-state index contributed by atoms with van der Waals surface area (Å²) in [5.41, 5.74) is 0.903. The summed E-state index contributed by atoms with van der Waals surface area (Å²) in [4.78, 5) is 23.7. The van der Waals surface area contributed by atoms with Gasteiger partial charge in [0, 0.05) is 21.1 Å². The van der Waals surface area contributed by atoms with Crippen molar-refractivity contribution >= 4 is 11.9 Å². The lowest BCUT2D eigenvalue weighted by Crippen LogP contribution is -2.62. The van der Waals surface area contributed by atoms with E-state index < -0.39 is 29.6 Å². The van der Waals surface area contributed by atoms with Crippen LogP contribution in [0.25, 0.3) is 0 Å². The molecule has 0 radical (unpaired) electrons. The Morgan fingerprint density at radius 3 is 2.09 bits per heavy atom. The van der Waals surface area contributed by atoms with Crippen LogP contribution in [0, 0.1) is 0 Å². The summed E-state index contributed by atoms with van der Waals surface area (Å²) in [6.45, 7) is 3.18. The Kier molecular flexibility index (Phi) is 4.74. The van der Waals surface area contributed by atoms with E-state index in [-0.39, 0.29) is 0 Å². The fourth-order valence-corrected chi connectivity index (χ4v) is 2.29. The minimum atomic E-state index is -1.37. The lowest BCUT2D eigenvalue weighted by molar-refractivity contribution is -0.407.